The lowest BCUT2D eigenvalue weighted by Crippen LogP contribution is -2.27. The molecule has 0 aliphatic heterocycles. The molecule has 0 saturated heterocycles. The summed E-state index contributed by atoms with van der Waals surface area (Å²) in [6.45, 7) is 8.11. The van der Waals surface area contributed by atoms with Crippen LogP contribution in [0.25, 0.3) is 0 Å². The molecule has 0 aliphatic rings. The Morgan fingerprint density at radius 3 is 2.56 bits per heavy atom. The number of halogens is 1. The molecule has 1 aromatic rings. The van der Waals surface area contributed by atoms with Crippen molar-refractivity contribution in [3.05, 3.63) is 15.9 Å². The van der Waals surface area contributed by atoms with Gasteiger partial charge in [0, 0.05) is 13.0 Å². The maximum Gasteiger partial charge on any atom is 0.309 e. The Bertz CT molecular complexity index is 410. The minimum absolute atomic E-state index is 0.470. The quantitative estimate of drug-likeness (QED) is 0.927. The van der Waals surface area contributed by atoms with Gasteiger partial charge < -0.3 is 5.11 Å². The van der Waals surface area contributed by atoms with Gasteiger partial charge in [-0.3, -0.25) is 9.48 Å². The first kappa shape index (κ1) is 13.2. The molecule has 0 unspecified atom stereocenters. The second-order valence-electron chi connectivity index (χ2n) is 4.53. The topological polar surface area (TPSA) is 55.1 Å². The van der Waals surface area contributed by atoms with E-state index in [2.05, 4.69) is 21.0 Å². The summed E-state index contributed by atoms with van der Waals surface area (Å²) in [5, 5.41) is 13.5. The molecule has 0 atom stereocenters. The van der Waals surface area contributed by atoms with Crippen LogP contribution in [0.5, 0.6) is 0 Å². The fraction of sp³-hybridized carbons (Fsp3) is 0.636. The van der Waals surface area contributed by atoms with E-state index in [0.717, 1.165) is 22.4 Å². The first-order chi connectivity index (χ1) is 7.29. The zero-order valence-corrected chi connectivity index (χ0v) is 11.6. The predicted molar refractivity (Wildman–Crippen MR) is 65.5 cm³/mol. The number of hydrogen-bond acceptors (Lipinski definition) is 2. The van der Waals surface area contributed by atoms with Crippen molar-refractivity contribution in [3.8, 4) is 0 Å². The molecule has 16 heavy (non-hydrogen) atoms. The molecule has 4 nitrogen and oxygen atoms in total. The molecule has 5 heteroatoms. The highest BCUT2D eigenvalue weighted by Gasteiger charge is 2.30. The Morgan fingerprint density at radius 1 is 1.56 bits per heavy atom. The Hall–Kier alpha value is -0.840. The maximum atomic E-state index is 11.1. The van der Waals surface area contributed by atoms with Crippen LogP contribution in [0, 0.1) is 12.3 Å². The van der Waals surface area contributed by atoms with Gasteiger partial charge in [0.25, 0.3) is 0 Å². The highest BCUT2D eigenvalue weighted by molar-refractivity contribution is 9.10. The molecule has 90 valence electrons. The zero-order valence-electron chi connectivity index (χ0n) is 10.0. The number of aromatic nitrogens is 2. The Balaban J connectivity index is 3.10. The van der Waals surface area contributed by atoms with Crippen LogP contribution >= 0.6 is 15.9 Å². The summed E-state index contributed by atoms with van der Waals surface area (Å²) in [6, 6.07) is 0. The second kappa shape index (κ2) is 4.57. The lowest BCUT2D eigenvalue weighted by molar-refractivity contribution is -0.146. The first-order valence-corrected chi connectivity index (χ1v) is 6.04. The summed E-state index contributed by atoms with van der Waals surface area (Å²) >= 11 is 3.47. The Labute approximate surface area is 104 Å². The molecular weight excluding hydrogens is 272 g/mol. The highest BCUT2D eigenvalue weighted by atomic mass is 79.9. The van der Waals surface area contributed by atoms with Gasteiger partial charge in [-0.05, 0) is 43.6 Å². The summed E-state index contributed by atoms with van der Waals surface area (Å²) < 4.78 is 2.77. The summed E-state index contributed by atoms with van der Waals surface area (Å²) in [7, 11) is 0. The normalized spacial score (nSPS) is 11.8. The number of carbonyl (C=O) groups is 1. The van der Waals surface area contributed by atoms with E-state index in [4.69, 9.17) is 5.11 Å². The highest BCUT2D eigenvalue weighted by Crippen LogP contribution is 2.29. The smallest absolute Gasteiger partial charge is 0.309 e. The average Bonchev–Trinajstić information content (AvgIpc) is 2.45. The van der Waals surface area contributed by atoms with Crippen LogP contribution < -0.4 is 0 Å². The molecule has 0 fully saturated rings. The van der Waals surface area contributed by atoms with Crippen LogP contribution in [0.3, 0.4) is 0 Å². The number of aliphatic carboxylic acids is 1. The van der Waals surface area contributed by atoms with E-state index in [1.54, 1.807) is 13.8 Å². The maximum absolute atomic E-state index is 11.1. The second-order valence-corrected chi connectivity index (χ2v) is 5.32. The van der Waals surface area contributed by atoms with Gasteiger partial charge in [-0.1, -0.05) is 0 Å². The first-order valence-electron chi connectivity index (χ1n) is 5.24. The number of carboxylic acid groups (broad SMARTS) is 1. The van der Waals surface area contributed by atoms with Crippen LogP contribution in [0.4, 0.5) is 0 Å². The minimum Gasteiger partial charge on any atom is -0.481 e. The summed E-state index contributed by atoms with van der Waals surface area (Å²) in [5.74, 6) is -0.791. The number of aryl methyl sites for hydroxylation is 2. The van der Waals surface area contributed by atoms with E-state index in [-0.39, 0.29) is 0 Å². The standard InChI is InChI=1S/C11H17BrN2O2/c1-5-14-8(9(12)7(2)13-14)6-11(3,4)10(15)16/h5-6H2,1-4H3,(H,15,16). The SMILES string of the molecule is CCn1nc(C)c(Br)c1CC(C)(C)C(=O)O. The molecule has 0 bridgehead atoms. The van der Waals surface area contributed by atoms with Gasteiger partial charge in [0.2, 0.25) is 0 Å². The van der Waals surface area contributed by atoms with Gasteiger partial charge in [-0.15, -0.1) is 0 Å². The molecule has 1 N–H and O–H groups in total. The van der Waals surface area contributed by atoms with Crippen molar-refractivity contribution in [3.63, 3.8) is 0 Å². The van der Waals surface area contributed by atoms with Crippen molar-refractivity contribution < 1.29 is 9.90 Å². The van der Waals surface area contributed by atoms with Crippen molar-refractivity contribution >= 4 is 21.9 Å². The summed E-state index contributed by atoms with van der Waals surface area (Å²) in [6.07, 6.45) is 0.470. The average molecular weight is 289 g/mol. The third-order valence-electron chi connectivity index (χ3n) is 2.64. The van der Waals surface area contributed by atoms with Crippen molar-refractivity contribution in [1.29, 1.82) is 0 Å². The third-order valence-corrected chi connectivity index (χ3v) is 3.67. The number of hydrogen-bond donors (Lipinski definition) is 1. The van der Waals surface area contributed by atoms with Crippen LogP contribution in [0.15, 0.2) is 4.47 Å². The largest absolute Gasteiger partial charge is 0.481 e. The fourth-order valence-electron chi connectivity index (χ4n) is 1.53. The van der Waals surface area contributed by atoms with Crippen molar-refractivity contribution in [1.82, 2.24) is 9.78 Å². The monoisotopic (exact) mass is 288 g/mol. The van der Waals surface area contributed by atoms with Crippen LogP contribution in [0.2, 0.25) is 0 Å². The van der Waals surface area contributed by atoms with Gasteiger partial charge in [-0.25, -0.2) is 0 Å². The Kier molecular flexibility index (Phi) is 3.78. The van der Waals surface area contributed by atoms with Crippen LogP contribution in [-0.2, 0) is 17.8 Å². The molecule has 0 amide bonds. The van der Waals surface area contributed by atoms with E-state index < -0.39 is 11.4 Å². The van der Waals surface area contributed by atoms with Gasteiger partial charge >= 0.3 is 5.97 Å². The van der Waals surface area contributed by atoms with Crippen molar-refractivity contribution in [2.24, 2.45) is 5.41 Å². The van der Waals surface area contributed by atoms with Gasteiger partial charge in [0.05, 0.1) is 21.3 Å². The van der Waals surface area contributed by atoms with Crippen molar-refractivity contribution in [2.45, 2.75) is 40.7 Å². The molecule has 0 spiro atoms. The fourth-order valence-corrected chi connectivity index (χ4v) is 1.96. The van der Waals surface area contributed by atoms with Crippen molar-refractivity contribution in [2.75, 3.05) is 0 Å². The van der Waals surface area contributed by atoms with E-state index in [1.165, 1.54) is 0 Å². The summed E-state index contributed by atoms with van der Waals surface area (Å²) in [4.78, 5) is 11.1. The zero-order chi connectivity index (χ0) is 12.5. The molecule has 1 heterocycles. The van der Waals surface area contributed by atoms with Gasteiger partial charge in [-0.2, -0.15) is 5.10 Å². The van der Waals surface area contributed by atoms with E-state index in [9.17, 15) is 4.79 Å². The van der Waals surface area contributed by atoms with E-state index in [1.807, 2.05) is 18.5 Å². The van der Waals surface area contributed by atoms with Crippen LogP contribution in [-0.4, -0.2) is 20.9 Å². The molecule has 0 saturated carbocycles. The predicted octanol–water partition coefficient (Wildman–Crippen LogP) is 2.63. The molecule has 1 aromatic heterocycles. The van der Waals surface area contributed by atoms with E-state index in [0.29, 0.717) is 6.42 Å². The lowest BCUT2D eigenvalue weighted by atomic mass is 9.88. The summed E-state index contributed by atoms with van der Waals surface area (Å²) in [5.41, 5.74) is 1.08. The molecular formula is C11H17BrN2O2. The lowest BCUT2D eigenvalue weighted by Gasteiger charge is -2.19. The van der Waals surface area contributed by atoms with Crippen LogP contribution in [0.1, 0.15) is 32.2 Å². The third kappa shape index (κ3) is 2.45. The molecule has 0 aliphatic carbocycles. The molecule has 0 radical (unpaired) electrons. The van der Waals surface area contributed by atoms with E-state index >= 15 is 0 Å². The minimum atomic E-state index is -0.791. The van der Waals surface area contributed by atoms with Gasteiger partial charge in [0.15, 0.2) is 0 Å². The molecule has 1 rings (SSSR count). The number of rotatable bonds is 4. The Morgan fingerprint density at radius 2 is 2.12 bits per heavy atom. The number of carboxylic acids is 1. The van der Waals surface area contributed by atoms with Gasteiger partial charge in [0.1, 0.15) is 0 Å². The number of nitrogens with zero attached hydrogens (tertiary/aromatic N) is 2. The molecule has 0 aromatic carbocycles.